The molecule has 0 unspecified atom stereocenters. The van der Waals surface area contributed by atoms with Gasteiger partial charge < -0.3 is 15.4 Å². The molecule has 0 saturated carbocycles. The Morgan fingerprint density at radius 3 is 2.78 bits per heavy atom. The molecule has 2 aromatic rings. The lowest BCUT2D eigenvalue weighted by molar-refractivity contribution is 0.0395. The van der Waals surface area contributed by atoms with Crippen molar-refractivity contribution in [1.29, 1.82) is 0 Å². The van der Waals surface area contributed by atoms with Gasteiger partial charge in [-0.25, -0.2) is 9.37 Å². The minimum absolute atomic E-state index is 0.196. The molecular formula is C16H15ClFN3O2. The number of hydrogen-bond donors (Lipinski definition) is 1. The number of amides is 1. The van der Waals surface area contributed by atoms with Crippen molar-refractivity contribution in [3.05, 3.63) is 58.5 Å². The quantitative estimate of drug-likeness (QED) is 0.936. The number of morpholine rings is 1. The van der Waals surface area contributed by atoms with Crippen molar-refractivity contribution in [1.82, 2.24) is 4.98 Å². The van der Waals surface area contributed by atoms with E-state index >= 15 is 0 Å². The van der Waals surface area contributed by atoms with E-state index in [1.165, 1.54) is 24.4 Å². The summed E-state index contributed by atoms with van der Waals surface area (Å²) in [5, 5.41) is 0.362. The second-order valence-corrected chi connectivity index (χ2v) is 5.66. The zero-order valence-electron chi connectivity index (χ0n) is 12.2. The van der Waals surface area contributed by atoms with Crippen LogP contribution >= 0.6 is 11.6 Å². The first-order chi connectivity index (χ1) is 11.0. The molecule has 7 heteroatoms. The Hall–Kier alpha value is -2.18. The van der Waals surface area contributed by atoms with Crippen molar-refractivity contribution in [2.24, 2.45) is 5.73 Å². The molecule has 120 valence electrons. The number of benzene rings is 1. The van der Waals surface area contributed by atoms with Crippen molar-refractivity contribution >= 4 is 23.3 Å². The van der Waals surface area contributed by atoms with Crippen LogP contribution in [-0.2, 0) is 4.74 Å². The van der Waals surface area contributed by atoms with Gasteiger partial charge in [-0.3, -0.25) is 4.79 Å². The Morgan fingerprint density at radius 2 is 2.13 bits per heavy atom. The van der Waals surface area contributed by atoms with Crippen LogP contribution < -0.4 is 10.6 Å². The topological polar surface area (TPSA) is 68.5 Å². The molecule has 1 aliphatic rings. The lowest BCUT2D eigenvalue weighted by Gasteiger charge is -2.34. The number of anilines is 1. The largest absolute Gasteiger partial charge is 0.370 e. The fourth-order valence-electron chi connectivity index (χ4n) is 2.52. The molecule has 1 aromatic heterocycles. The highest BCUT2D eigenvalue weighted by atomic mass is 35.5. The predicted octanol–water partition coefficient (Wildman–Crippen LogP) is 2.55. The highest BCUT2D eigenvalue weighted by Crippen LogP contribution is 2.29. The molecule has 5 nitrogen and oxygen atoms in total. The average Bonchev–Trinajstić information content (AvgIpc) is 2.55. The Bertz CT molecular complexity index is 724. The fourth-order valence-corrected chi connectivity index (χ4v) is 2.80. The maximum Gasteiger partial charge on any atom is 0.250 e. The molecule has 1 fully saturated rings. The summed E-state index contributed by atoms with van der Waals surface area (Å²) in [6.07, 6.45) is 1.21. The summed E-state index contributed by atoms with van der Waals surface area (Å²) in [5.41, 5.74) is 6.38. The number of halogens is 2. The van der Waals surface area contributed by atoms with E-state index < -0.39 is 5.91 Å². The molecule has 1 saturated heterocycles. The summed E-state index contributed by atoms with van der Waals surface area (Å²) in [5.74, 6) is -0.280. The van der Waals surface area contributed by atoms with E-state index in [2.05, 4.69) is 4.98 Å². The van der Waals surface area contributed by atoms with Crippen molar-refractivity contribution in [2.75, 3.05) is 24.6 Å². The first kappa shape index (κ1) is 15.7. The summed E-state index contributed by atoms with van der Waals surface area (Å²) >= 11 is 6.22. The summed E-state index contributed by atoms with van der Waals surface area (Å²) in [6.45, 7) is 1.66. The first-order valence-corrected chi connectivity index (χ1v) is 7.50. The number of rotatable bonds is 3. The fraction of sp³-hybridized carbons (Fsp3) is 0.250. The number of hydrogen-bond acceptors (Lipinski definition) is 4. The van der Waals surface area contributed by atoms with Gasteiger partial charge in [0.1, 0.15) is 17.7 Å². The lowest BCUT2D eigenvalue weighted by atomic mass is 10.1. The van der Waals surface area contributed by atoms with E-state index in [1.807, 2.05) is 4.90 Å². The standard InChI is InChI=1S/C16H15ClFN3O2/c17-13-7-11(15(19)22)8-20-16(13)21-5-6-23-14(9-21)10-1-3-12(18)4-2-10/h1-4,7-8,14H,5-6,9H2,(H2,19,22)/t14-/m1/s1. The molecule has 23 heavy (non-hydrogen) atoms. The molecule has 1 aromatic carbocycles. The maximum atomic E-state index is 13.0. The van der Waals surface area contributed by atoms with Crippen LogP contribution in [0.1, 0.15) is 22.0 Å². The molecular weight excluding hydrogens is 321 g/mol. The molecule has 1 atom stereocenters. The van der Waals surface area contributed by atoms with Crippen molar-refractivity contribution in [3.8, 4) is 0 Å². The molecule has 2 N–H and O–H groups in total. The van der Waals surface area contributed by atoms with Gasteiger partial charge in [0, 0.05) is 19.3 Å². The van der Waals surface area contributed by atoms with Crippen LogP contribution in [0.2, 0.25) is 5.02 Å². The van der Waals surface area contributed by atoms with E-state index in [4.69, 9.17) is 22.1 Å². The van der Waals surface area contributed by atoms with E-state index in [0.717, 1.165) is 5.56 Å². The van der Waals surface area contributed by atoms with Crippen molar-refractivity contribution in [3.63, 3.8) is 0 Å². The number of aromatic nitrogens is 1. The number of carbonyl (C=O) groups is 1. The highest BCUT2D eigenvalue weighted by molar-refractivity contribution is 6.33. The minimum atomic E-state index is -0.572. The molecule has 2 heterocycles. The summed E-state index contributed by atoms with van der Waals surface area (Å²) < 4.78 is 18.8. The summed E-state index contributed by atoms with van der Waals surface area (Å²) in [7, 11) is 0. The number of pyridine rings is 1. The Labute approximate surface area is 137 Å². The Kier molecular flexibility index (Phi) is 4.45. The van der Waals surface area contributed by atoms with Gasteiger partial charge in [0.05, 0.1) is 17.2 Å². The predicted molar refractivity (Wildman–Crippen MR) is 85.1 cm³/mol. The zero-order valence-corrected chi connectivity index (χ0v) is 13.0. The zero-order chi connectivity index (χ0) is 16.4. The second kappa shape index (κ2) is 6.52. The van der Waals surface area contributed by atoms with Gasteiger partial charge >= 0.3 is 0 Å². The minimum Gasteiger partial charge on any atom is -0.370 e. The molecule has 0 bridgehead atoms. The van der Waals surface area contributed by atoms with Gasteiger partial charge in [-0.05, 0) is 23.8 Å². The third-order valence-corrected chi connectivity index (χ3v) is 3.99. The third kappa shape index (κ3) is 3.43. The van der Waals surface area contributed by atoms with E-state index in [-0.39, 0.29) is 17.5 Å². The van der Waals surface area contributed by atoms with Crippen LogP contribution in [-0.4, -0.2) is 30.6 Å². The van der Waals surface area contributed by atoms with Gasteiger partial charge in [0.25, 0.3) is 0 Å². The summed E-state index contributed by atoms with van der Waals surface area (Å²) in [4.78, 5) is 17.4. The summed E-state index contributed by atoms with van der Waals surface area (Å²) in [6, 6.07) is 7.73. The maximum absolute atomic E-state index is 13.0. The number of nitrogens with zero attached hydrogens (tertiary/aromatic N) is 2. The van der Waals surface area contributed by atoms with E-state index in [9.17, 15) is 9.18 Å². The molecule has 0 radical (unpaired) electrons. The van der Waals surface area contributed by atoms with Crippen molar-refractivity contribution < 1.29 is 13.9 Å². The lowest BCUT2D eigenvalue weighted by Crippen LogP contribution is -2.39. The van der Waals surface area contributed by atoms with Crippen LogP contribution in [0.3, 0.4) is 0 Å². The Morgan fingerprint density at radius 1 is 1.39 bits per heavy atom. The van der Waals surface area contributed by atoms with Crippen LogP contribution in [0.15, 0.2) is 36.5 Å². The van der Waals surface area contributed by atoms with Crippen LogP contribution in [0, 0.1) is 5.82 Å². The van der Waals surface area contributed by atoms with Gasteiger partial charge in [-0.1, -0.05) is 23.7 Å². The monoisotopic (exact) mass is 335 g/mol. The van der Waals surface area contributed by atoms with Crippen LogP contribution in [0.5, 0.6) is 0 Å². The van der Waals surface area contributed by atoms with E-state index in [0.29, 0.717) is 30.5 Å². The molecule has 0 spiro atoms. The van der Waals surface area contributed by atoms with E-state index in [1.54, 1.807) is 12.1 Å². The van der Waals surface area contributed by atoms with Crippen LogP contribution in [0.4, 0.5) is 10.2 Å². The number of ether oxygens (including phenoxy) is 1. The van der Waals surface area contributed by atoms with Gasteiger partial charge in [0.2, 0.25) is 5.91 Å². The second-order valence-electron chi connectivity index (χ2n) is 5.25. The first-order valence-electron chi connectivity index (χ1n) is 7.12. The normalized spacial score (nSPS) is 18.0. The Balaban J connectivity index is 1.81. The number of nitrogens with two attached hydrogens (primary N) is 1. The van der Waals surface area contributed by atoms with Gasteiger partial charge in [0.15, 0.2) is 0 Å². The number of primary amides is 1. The smallest absolute Gasteiger partial charge is 0.250 e. The van der Waals surface area contributed by atoms with Crippen molar-refractivity contribution in [2.45, 2.75) is 6.10 Å². The molecule has 1 amide bonds. The average molecular weight is 336 g/mol. The molecule has 0 aliphatic carbocycles. The third-order valence-electron chi connectivity index (χ3n) is 3.71. The van der Waals surface area contributed by atoms with Gasteiger partial charge in [-0.15, -0.1) is 0 Å². The SMILES string of the molecule is NC(=O)c1cnc(N2CCO[C@@H](c3ccc(F)cc3)C2)c(Cl)c1. The molecule has 3 rings (SSSR count). The molecule has 1 aliphatic heterocycles. The van der Waals surface area contributed by atoms with Crippen LogP contribution in [0.25, 0.3) is 0 Å². The number of carbonyl (C=O) groups excluding carboxylic acids is 1. The van der Waals surface area contributed by atoms with Gasteiger partial charge in [-0.2, -0.15) is 0 Å². The highest BCUT2D eigenvalue weighted by Gasteiger charge is 2.24.